The van der Waals surface area contributed by atoms with Crippen molar-refractivity contribution in [3.63, 3.8) is 0 Å². The second-order valence-corrected chi connectivity index (χ2v) is 5.09. The van der Waals surface area contributed by atoms with Crippen LogP contribution in [-0.4, -0.2) is 23.3 Å². The van der Waals surface area contributed by atoms with E-state index in [9.17, 15) is 5.11 Å². The van der Waals surface area contributed by atoms with Gasteiger partial charge < -0.3 is 10.4 Å². The summed E-state index contributed by atoms with van der Waals surface area (Å²) in [5.74, 6) is 0.765. The van der Waals surface area contributed by atoms with Crippen molar-refractivity contribution in [3.8, 4) is 0 Å². The second-order valence-electron chi connectivity index (χ2n) is 5.09. The van der Waals surface area contributed by atoms with Gasteiger partial charge in [0.1, 0.15) is 0 Å². The minimum absolute atomic E-state index is 0.101. The number of nitrogens with one attached hydrogen (secondary N) is 1. The van der Waals surface area contributed by atoms with Crippen LogP contribution in [0, 0.1) is 5.92 Å². The third-order valence-electron chi connectivity index (χ3n) is 2.90. The first-order valence-electron chi connectivity index (χ1n) is 5.82. The first-order valence-corrected chi connectivity index (χ1v) is 5.82. The number of hydrogen-bond donors (Lipinski definition) is 2. The number of hydrogen-bond acceptors (Lipinski definition) is 2. The maximum absolute atomic E-state index is 9.25. The fourth-order valence-electron chi connectivity index (χ4n) is 1.51. The zero-order valence-electron chi connectivity index (χ0n) is 10.4. The first kappa shape index (κ1) is 13.9. The molecule has 0 aliphatic heterocycles. The van der Waals surface area contributed by atoms with E-state index >= 15 is 0 Å². The van der Waals surface area contributed by atoms with E-state index < -0.39 is 0 Å². The molecule has 0 saturated heterocycles. The smallest absolute Gasteiger partial charge is 0.0610 e. The molecular weight excluding hydrogens is 174 g/mol. The molecule has 0 aromatic carbocycles. The summed E-state index contributed by atoms with van der Waals surface area (Å²) in [5, 5.41) is 12.7. The summed E-state index contributed by atoms with van der Waals surface area (Å²) in [6.07, 6.45) is 3.40. The van der Waals surface area contributed by atoms with Gasteiger partial charge in [-0.25, -0.2) is 0 Å². The van der Waals surface area contributed by atoms with Gasteiger partial charge in [0.05, 0.1) is 6.61 Å². The molecule has 0 fully saturated rings. The van der Waals surface area contributed by atoms with Crippen molar-refractivity contribution in [2.75, 3.05) is 6.61 Å². The van der Waals surface area contributed by atoms with E-state index in [1.807, 2.05) is 0 Å². The molecule has 2 heteroatoms. The predicted molar refractivity (Wildman–Crippen MR) is 62.5 cm³/mol. The molecule has 86 valence electrons. The molecule has 2 atom stereocenters. The van der Waals surface area contributed by atoms with Crippen LogP contribution in [-0.2, 0) is 0 Å². The van der Waals surface area contributed by atoms with Gasteiger partial charge in [-0.2, -0.15) is 0 Å². The van der Waals surface area contributed by atoms with Crippen molar-refractivity contribution in [1.82, 2.24) is 5.32 Å². The monoisotopic (exact) mass is 201 g/mol. The van der Waals surface area contributed by atoms with E-state index in [1.165, 1.54) is 12.8 Å². The molecule has 2 nitrogen and oxygen atoms in total. The molecule has 0 saturated carbocycles. The highest BCUT2D eigenvalue weighted by Crippen LogP contribution is 2.13. The summed E-state index contributed by atoms with van der Waals surface area (Å²) in [6.45, 7) is 11.1. The summed E-state index contributed by atoms with van der Waals surface area (Å²) >= 11 is 0. The molecule has 0 aliphatic rings. The maximum atomic E-state index is 9.25. The fourth-order valence-corrected chi connectivity index (χ4v) is 1.51. The van der Waals surface area contributed by atoms with Gasteiger partial charge in [0.15, 0.2) is 0 Å². The van der Waals surface area contributed by atoms with Gasteiger partial charge in [0.25, 0.3) is 0 Å². The number of aliphatic hydroxyl groups is 1. The van der Waals surface area contributed by atoms with Crippen LogP contribution in [0.25, 0.3) is 0 Å². The molecule has 0 aliphatic carbocycles. The van der Waals surface area contributed by atoms with Gasteiger partial charge in [-0.1, -0.05) is 20.8 Å². The maximum Gasteiger partial charge on any atom is 0.0610 e. The zero-order valence-corrected chi connectivity index (χ0v) is 10.4. The molecule has 14 heavy (non-hydrogen) atoms. The van der Waals surface area contributed by atoms with Crippen LogP contribution in [0.1, 0.15) is 53.9 Å². The highest BCUT2D eigenvalue weighted by atomic mass is 16.3. The highest BCUT2D eigenvalue weighted by molar-refractivity contribution is 4.83. The van der Waals surface area contributed by atoms with Crippen molar-refractivity contribution in [3.05, 3.63) is 0 Å². The molecule has 0 heterocycles. The van der Waals surface area contributed by atoms with Crippen LogP contribution in [0.15, 0.2) is 0 Å². The summed E-state index contributed by atoms with van der Waals surface area (Å²) in [6, 6.07) is 0.495. The van der Waals surface area contributed by atoms with Crippen LogP contribution >= 0.6 is 0 Å². The van der Waals surface area contributed by atoms with Gasteiger partial charge in [-0.3, -0.25) is 0 Å². The Morgan fingerprint density at radius 2 is 1.79 bits per heavy atom. The molecule has 0 rings (SSSR count). The van der Waals surface area contributed by atoms with E-state index in [0.717, 1.165) is 12.3 Å². The van der Waals surface area contributed by atoms with Crippen molar-refractivity contribution < 1.29 is 5.11 Å². The quantitative estimate of drug-likeness (QED) is 0.663. The third kappa shape index (κ3) is 5.61. The zero-order chi connectivity index (χ0) is 11.2. The third-order valence-corrected chi connectivity index (χ3v) is 2.90. The molecular formula is C12H27NO. The van der Waals surface area contributed by atoms with Crippen molar-refractivity contribution in [2.24, 2.45) is 5.92 Å². The molecule has 0 bridgehead atoms. The number of rotatable bonds is 7. The van der Waals surface area contributed by atoms with Crippen LogP contribution in [0.2, 0.25) is 0 Å². The van der Waals surface area contributed by atoms with Gasteiger partial charge in [-0.15, -0.1) is 0 Å². The molecule has 0 radical (unpaired) electrons. The standard InChI is InChI=1S/C12H27NO/c1-6-12(5,9-14)13-11(4)8-7-10(2)3/h10-11,13-14H,6-9H2,1-5H3. The van der Waals surface area contributed by atoms with Crippen molar-refractivity contribution in [2.45, 2.75) is 65.5 Å². The Balaban J connectivity index is 3.85. The minimum atomic E-state index is -0.101. The molecule has 0 spiro atoms. The van der Waals surface area contributed by atoms with Crippen LogP contribution < -0.4 is 5.32 Å². The lowest BCUT2D eigenvalue weighted by Gasteiger charge is -2.31. The Morgan fingerprint density at radius 3 is 2.14 bits per heavy atom. The normalized spacial score (nSPS) is 18.2. The van der Waals surface area contributed by atoms with Crippen molar-refractivity contribution in [1.29, 1.82) is 0 Å². The van der Waals surface area contributed by atoms with Crippen LogP contribution in [0.3, 0.4) is 0 Å². The second kappa shape index (κ2) is 6.41. The largest absolute Gasteiger partial charge is 0.394 e. The van der Waals surface area contributed by atoms with Gasteiger partial charge in [0.2, 0.25) is 0 Å². The average Bonchev–Trinajstić information content (AvgIpc) is 2.14. The fraction of sp³-hybridized carbons (Fsp3) is 1.00. The summed E-state index contributed by atoms with van der Waals surface area (Å²) < 4.78 is 0. The molecule has 2 unspecified atom stereocenters. The molecule has 2 N–H and O–H groups in total. The average molecular weight is 201 g/mol. The van der Waals surface area contributed by atoms with E-state index in [2.05, 4.69) is 39.9 Å². The Morgan fingerprint density at radius 1 is 1.21 bits per heavy atom. The lowest BCUT2D eigenvalue weighted by atomic mass is 9.96. The Hall–Kier alpha value is -0.0800. The molecule has 0 amide bonds. The van der Waals surface area contributed by atoms with E-state index in [1.54, 1.807) is 0 Å². The van der Waals surface area contributed by atoms with Crippen molar-refractivity contribution >= 4 is 0 Å². The Labute approximate surface area is 89.1 Å². The lowest BCUT2D eigenvalue weighted by molar-refractivity contribution is 0.156. The van der Waals surface area contributed by atoms with Gasteiger partial charge in [0, 0.05) is 11.6 Å². The summed E-state index contributed by atoms with van der Waals surface area (Å²) in [5.41, 5.74) is -0.101. The van der Waals surface area contributed by atoms with E-state index in [4.69, 9.17) is 0 Å². The minimum Gasteiger partial charge on any atom is -0.394 e. The Bertz CT molecular complexity index is 141. The van der Waals surface area contributed by atoms with Gasteiger partial charge >= 0.3 is 0 Å². The predicted octanol–water partition coefficient (Wildman–Crippen LogP) is 2.56. The van der Waals surface area contributed by atoms with Gasteiger partial charge in [-0.05, 0) is 39.0 Å². The topological polar surface area (TPSA) is 32.3 Å². The van der Waals surface area contributed by atoms with E-state index in [0.29, 0.717) is 6.04 Å². The number of aliphatic hydroxyl groups excluding tert-OH is 1. The first-order chi connectivity index (χ1) is 6.43. The lowest BCUT2D eigenvalue weighted by Crippen LogP contribution is -2.49. The summed E-state index contributed by atoms with van der Waals surface area (Å²) in [4.78, 5) is 0. The van der Waals surface area contributed by atoms with Crippen LogP contribution in [0.4, 0.5) is 0 Å². The molecule has 0 aromatic rings. The highest BCUT2D eigenvalue weighted by Gasteiger charge is 2.22. The molecule has 0 aromatic heterocycles. The van der Waals surface area contributed by atoms with E-state index in [-0.39, 0.29) is 12.1 Å². The van der Waals surface area contributed by atoms with Crippen LogP contribution in [0.5, 0.6) is 0 Å². The SMILES string of the molecule is CCC(C)(CO)NC(C)CCC(C)C. The summed E-state index contributed by atoms with van der Waals surface area (Å²) in [7, 11) is 0. The Kier molecular flexibility index (Phi) is 6.38.